The molecule has 158 valence electrons. The molecule has 1 aliphatic carbocycles. The number of carbonyl (C=O) groups is 3. The number of nitrogens with one attached hydrogen (secondary N) is 3. The van der Waals surface area contributed by atoms with Crippen molar-refractivity contribution < 1.29 is 14.4 Å². The summed E-state index contributed by atoms with van der Waals surface area (Å²) >= 11 is 2.62. The van der Waals surface area contributed by atoms with Crippen molar-refractivity contribution in [2.45, 2.75) is 24.5 Å². The highest BCUT2D eigenvalue weighted by molar-refractivity contribution is 8.00. The van der Waals surface area contributed by atoms with Crippen molar-refractivity contribution in [3.05, 3.63) is 64.5 Å². The predicted octanol–water partition coefficient (Wildman–Crippen LogP) is 2.04. The maximum absolute atomic E-state index is 13.1. The number of thioether (sulfide) groups is 1. The molecule has 1 aliphatic heterocycles. The minimum atomic E-state index is -0.569. The van der Waals surface area contributed by atoms with Crippen molar-refractivity contribution in [1.82, 2.24) is 20.3 Å². The normalized spacial score (nSPS) is 22.6. The summed E-state index contributed by atoms with van der Waals surface area (Å²) in [5.74, 6) is 0.347. The zero-order valence-electron chi connectivity index (χ0n) is 16.5. The van der Waals surface area contributed by atoms with Crippen LogP contribution in [0, 0.1) is 0 Å². The summed E-state index contributed by atoms with van der Waals surface area (Å²) in [6, 6.07) is 14.2. The number of hydrogen-bond donors (Lipinski definition) is 3. The number of nitrogens with zero attached hydrogens (tertiary/aromatic N) is 1. The third kappa shape index (κ3) is 3.90. The van der Waals surface area contributed by atoms with Gasteiger partial charge in [0.1, 0.15) is 10.9 Å². The van der Waals surface area contributed by atoms with Gasteiger partial charge in [-0.25, -0.2) is 0 Å². The van der Waals surface area contributed by atoms with E-state index >= 15 is 0 Å². The van der Waals surface area contributed by atoms with Gasteiger partial charge in [-0.3, -0.25) is 14.4 Å². The van der Waals surface area contributed by atoms with E-state index in [2.05, 4.69) is 20.3 Å². The topological polar surface area (TPSA) is 100 Å². The monoisotopic (exact) mass is 452 g/mol. The lowest BCUT2D eigenvalue weighted by molar-refractivity contribution is -0.128. The van der Waals surface area contributed by atoms with Crippen molar-refractivity contribution in [2.24, 2.45) is 0 Å². The summed E-state index contributed by atoms with van der Waals surface area (Å²) < 4.78 is 4.36. The zero-order valence-corrected chi connectivity index (χ0v) is 18.1. The first-order chi connectivity index (χ1) is 15.1. The molecule has 3 atom stereocenters. The fourth-order valence-corrected chi connectivity index (χ4v) is 5.76. The molecular weight excluding hydrogens is 432 g/mol. The Morgan fingerprint density at radius 1 is 1.06 bits per heavy atom. The molecule has 1 fully saturated rings. The molecule has 3 aromatic rings. The Morgan fingerprint density at radius 2 is 1.87 bits per heavy atom. The molecule has 0 saturated carbocycles. The molecule has 0 spiro atoms. The molecule has 2 heterocycles. The lowest BCUT2D eigenvalue weighted by Crippen LogP contribution is -2.54. The second-order valence-corrected chi connectivity index (χ2v) is 9.44. The van der Waals surface area contributed by atoms with Gasteiger partial charge in [-0.2, -0.15) is 4.37 Å². The molecule has 0 unspecified atom stereocenters. The lowest BCUT2D eigenvalue weighted by Gasteiger charge is -2.27. The van der Waals surface area contributed by atoms with Crippen LogP contribution in [0.1, 0.15) is 26.8 Å². The smallest absolute Gasteiger partial charge is 0.263 e. The molecule has 3 N–H and O–H groups in total. The van der Waals surface area contributed by atoms with E-state index < -0.39 is 6.04 Å². The highest BCUT2D eigenvalue weighted by atomic mass is 32.2. The van der Waals surface area contributed by atoms with E-state index in [0.29, 0.717) is 22.8 Å². The van der Waals surface area contributed by atoms with Crippen LogP contribution in [-0.2, 0) is 16.0 Å². The third-order valence-electron chi connectivity index (χ3n) is 5.61. The average molecular weight is 453 g/mol. The van der Waals surface area contributed by atoms with Gasteiger partial charge in [-0.1, -0.05) is 42.5 Å². The third-order valence-corrected chi connectivity index (χ3v) is 7.52. The Kier molecular flexibility index (Phi) is 5.37. The standard InChI is InChI=1S/C22H20N4O3S2/c27-18-11-30-10-17(23-18)21(28)25-19-13-6-2-1-5-12(13)9-16(19)24-22(29)20-14-7-3-4-8-15(14)26-31-20/h1-8,16-17,19H,9-11H2,(H,23,27)(H,24,29)(H,25,28)/t16-,17+,19-/m1/s1. The predicted molar refractivity (Wildman–Crippen MR) is 121 cm³/mol. The summed E-state index contributed by atoms with van der Waals surface area (Å²) in [5.41, 5.74) is 2.88. The number of fused-ring (bicyclic) bond motifs is 2. The van der Waals surface area contributed by atoms with E-state index in [9.17, 15) is 14.4 Å². The van der Waals surface area contributed by atoms with Crippen LogP contribution in [0.3, 0.4) is 0 Å². The lowest BCUT2D eigenvalue weighted by atomic mass is 10.1. The maximum Gasteiger partial charge on any atom is 0.263 e. The summed E-state index contributed by atoms with van der Waals surface area (Å²) in [6.07, 6.45) is 0.620. The zero-order chi connectivity index (χ0) is 21.4. The van der Waals surface area contributed by atoms with E-state index in [-0.39, 0.29) is 29.8 Å². The number of carbonyl (C=O) groups excluding carboxylic acids is 3. The fourth-order valence-electron chi connectivity index (χ4n) is 4.14. The fraction of sp³-hybridized carbons (Fsp3) is 0.273. The highest BCUT2D eigenvalue weighted by Gasteiger charge is 2.37. The molecule has 5 rings (SSSR count). The van der Waals surface area contributed by atoms with Crippen molar-refractivity contribution in [3.63, 3.8) is 0 Å². The van der Waals surface area contributed by atoms with E-state index in [1.165, 1.54) is 23.3 Å². The Labute approximate surface area is 187 Å². The number of hydrogen-bond acceptors (Lipinski definition) is 6. The second-order valence-electron chi connectivity index (χ2n) is 7.63. The minimum Gasteiger partial charge on any atom is -0.346 e. The number of benzene rings is 2. The molecular formula is C22H20N4O3S2. The minimum absolute atomic E-state index is 0.134. The molecule has 0 bridgehead atoms. The number of rotatable bonds is 4. The van der Waals surface area contributed by atoms with Gasteiger partial charge in [0.25, 0.3) is 5.91 Å². The van der Waals surface area contributed by atoms with E-state index in [4.69, 9.17) is 0 Å². The number of amides is 3. The molecule has 3 amide bonds. The maximum atomic E-state index is 13.1. The Hall–Kier alpha value is -2.91. The van der Waals surface area contributed by atoms with Crippen LogP contribution < -0.4 is 16.0 Å². The van der Waals surface area contributed by atoms with E-state index in [1.807, 2.05) is 48.5 Å². The Balaban J connectivity index is 1.37. The van der Waals surface area contributed by atoms with Crippen LogP contribution in [0.2, 0.25) is 0 Å². The van der Waals surface area contributed by atoms with Gasteiger partial charge >= 0.3 is 0 Å². The van der Waals surface area contributed by atoms with Crippen LogP contribution in [0.25, 0.3) is 10.9 Å². The second kappa shape index (κ2) is 8.32. The molecule has 2 aromatic carbocycles. The van der Waals surface area contributed by atoms with Crippen LogP contribution >= 0.6 is 23.3 Å². The van der Waals surface area contributed by atoms with Crippen molar-refractivity contribution in [3.8, 4) is 0 Å². The van der Waals surface area contributed by atoms with Crippen molar-refractivity contribution in [1.29, 1.82) is 0 Å². The van der Waals surface area contributed by atoms with Gasteiger partial charge in [0.2, 0.25) is 11.8 Å². The quantitative estimate of drug-likeness (QED) is 0.563. The first-order valence-electron chi connectivity index (χ1n) is 10.0. The van der Waals surface area contributed by atoms with Gasteiger partial charge in [-0.05, 0) is 35.1 Å². The average Bonchev–Trinajstić information content (AvgIpc) is 3.35. The largest absolute Gasteiger partial charge is 0.346 e. The summed E-state index contributed by atoms with van der Waals surface area (Å²) in [4.78, 5) is 38.2. The first kappa shape index (κ1) is 20.0. The Morgan fingerprint density at radius 3 is 2.74 bits per heavy atom. The summed E-state index contributed by atoms with van der Waals surface area (Å²) in [6.45, 7) is 0. The van der Waals surface area contributed by atoms with Crippen molar-refractivity contribution in [2.75, 3.05) is 11.5 Å². The van der Waals surface area contributed by atoms with E-state index in [1.54, 1.807) is 0 Å². The van der Waals surface area contributed by atoms with Crippen molar-refractivity contribution >= 4 is 51.9 Å². The van der Waals surface area contributed by atoms with Gasteiger partial charge in [0, 0.05) is 11.1 Å². The molecule has 31 heavy (non-hydrogen) atoms. The van der Waals surface area contributed by atoms with Gasteiger partial charge in [0.05, 0.1) is 23.4 Å². The van der Waals surface area contributed by atoms with Crippen LogP contribution in [-0.4, -0.2) is 45.7 Å². The van der Waals surface area contributed by atoms with Crippen LogP contribution in [0.5, 0.6) is 0 Å². The first-order valence-corrected chi connectivity index (χ1v) is 11.9. The summed E-state index contributed by atoms with van der Waals surface area (Å²) in [7, 11) is 0. The molecule has 7 nitrogen and oxygen atoms in total. The molecule has 1 aromatic heterocycles. The van der Waals surface area contributed by atoms with Gasteiger partial charge in [-0.15, -0.1) is 11.8 Å². The van der Waals surface area contributed by atoms with Gasteiger partial charge < -0.3 is 16.0 Å². The summed E-state index contributed by atoms with van der Waals surface area (Å²) in [5, 5.41) is 9.75. The Bertz CT molecular complexity index is 1180. The molecule has 1 saturated heterocycles. The van der Waals surface area contributed by atoms with Gasteiger partial charge in [0.15, 0.2) is 0 Å². The highest BCUT2D eigenvalue weighted by Crippen LogP contribution is 2.32. The van der Waals surface area contributed by atoms with Crippen LogP contribution in [0.15, 0.2) is 48.5 Å². The number of aromatic nitrogens is 1. The molecule has 2 aliphatic rings. The SMILES string of the molecule is O=C1CSC[C@@H](C(=O)N[C@@H]2c3ccccc3C[C@H]2NC(=O)c2snc3ccccc23)N1. The molecule has 0 radical (unpaired) electrons. The van der Waals surface area contributed by atoms with E-state index in [0.717, 1.165) is 22.0 Å². The van der Waals surface area contributed by atoms with Crippen LogP contribution in [0.4, 0.5) is 0 Å². The molecule has 9 heteroatoms.